The minimum absolute atomic E-state index is 0.0987. The third-order valence-corrected chi connectivity index (χ3v) is 2.83. The van der Waals surface area contributed by atoms with Crippen LogP contribution in [-0.4, -0.2) is 30.5 Å². The predicted octanol–water partition coefficient (Wildman–Crippen LogP) is 1.01. The Balaban J connectivity index is 2.81. The van der Waals surface area contributed by atoms with E-state index in [1.54, 1.807) is 19.2 Å². The maximum atomic E-state index is 11.9. The maximum absolute atomic E-state index is 11.9. The Morgan fingerprint density at radius 3 is 2.61 bits per heavy atom. The van der Waals surface area contributed by atoms with Crippen LogP contribution in [0.3, 0.4) is 0 Å². The van der Waals surface area contributed by atoms with Crippen molar-refractivity contribution in [3.63, 3.8) is 0 Å². The predicted molar refractivity (Wildman–Crippen MR) is 68.4 cm³/mol. The number of methoxy groups -OCH3 is 2. The number of aliphatic hydroxyl groups is 1. The Bertz CT molecular complexity index is 618. The third-order valence-electron chi connectivity index (χ3n) is 2.83. The van der Waals surface area contributed by atoms with E-state index in [0.29, 0.717) is 17.0 Å². The molecular weight excluding hydrogens is 234 g/mol. The first-order valence-corrected chi connectivity index (χ1v) is 5.57. The molecule has 2 rings (SSSR count). The number of benzene rings is 1. The second kappa shape index (κ2) is 5.10. The molecule has 0 fully saturated rings. The minimum atomic E-state index is -0.207. The van der Waals surface area contributed by atoms with Gasteiger partial charge in [-0.15, -0.1) is 0 Å². The van der Waals surface area contributed by atoms with E-state index >= 15 is 0 Å². The molecule has 1 aromatic heterocycles. The fourth-order valence-corrected chi connectivity index (χ4v) is 1.96. The highest BCUT2D eigenvalue weighted by Crippen LogP contribution is 2.26. The second-order valence-electron chi connectivity index (χ2n) is 3.81. The van der Waals surface area contributed by atoms with Gasteiger partial charge in [0, 0.05) is 24.1 Å². The molecule has 0 aliphatic rings. The van der Waals surface area contributed by atoms with Crippen LogP contribution in [-0.2, 0) is 6.54 Å². The lowest BCUT2D eigenvalue weighted by atomic mass is 10.2. The molecule has 0 amide bonds. The molecule has 1 N–H and O–H groups in total. The van der Waals surface area contributed by atoms with Crippen LogP contribution in [0.5, 0.6) is 11.5 Å². The molecule has 96 valence electrons. The van der Waals surface area contributed by atoms with Crippen molar-refractivity contribution >= 4 is 10.9 Å². The van der Waals surface area contributed by atoms with Gasteiger partial charge in [0.25, 0.3) is 5.56 Å². The highest BCUT2D eigenvalue weighted by Gasteiger charge is 2.09. The van der Waals surface area contributed by atoms with Crippen LogP contribution in [0, 0.1) is 0 Å². The summed E-state index contributed by atoms with van der Waals surface area (Å²) in [5, 5.41) is 9.85. The zero-order valence-corrected chi connectivity index (χ0v) is 10.3. The zero-order valence-electron chi connectivity index (χ0n) is 10.3. The van der Waals surface area contributed by atoms with E-state index in [0.717, 1.165) is 5.39 Å². The van der Waals surface area contributed by atoms with Gasteiger partial charge >= 0.3 is 0 Å². The molecule has 0 saturated heterocycles. The molecule has 5 heteroatoms. The Hall–Kier alpha value is -2.01. The van der Waals surface area contributed by atoms with Crippen LogP contribution < -0.4 is 15.0 Å². The van der Waals surface area contributed by atoms with Crippen LogP contribution in [0.25, 0.3) is 10.9 Å². The van der Waals surface area contributed by atoms with E-state index in [1.165, 1.54) is 17.7 Å². The van der Waals surface area contributed by atoms with Crippen LogP contribution in [0.15, 0.2) is 29.1 Å². The topological polar surface area (TPSA) is 60.7 Å². The average molecular weight is 249 g/mol. The van der Waals surface area contributed by atoms with Gasteiger partial charge in [-0.05, 0) is 12.1 Å². The highest BCUT2D eigenvalue weighted by molar-refractivity contribution is 5.86. The molecule has 0 unspecified atom stereocenters. The number of ether oxygens (including phenoxy) is 2. The number of hydrogen-bond donors (Lipinski definition) is 1. The lowest BCUT2D eigenvalue weighted by molar-refractivity contribution is 0.276. The molecule has 0 spiro atoms. The molecule has 2 aromatic rings. The molecule has 0 radical (unpaired) electrons. The van der Waals surface area contributed by atoms with Crippen LogP contribution in [0.2, 0.25) is 0 Å². The molecule has 18 heavy (non-hydrogen) atoms. The largest absolute Gasteiger partial charge is 0.497 e. The fourth-order valence-electron chi connectivity index (χ4n) is 1.96. The highest BCUT2D eigenvalue weighted by atomic mass is 16.5. The number of aliphatic hydroxyl groups excluding tert-OH is 1. The van der Waals surface area contributed by atoms with E-state index in [4.69, 9.17) is 14.6 Å². The molecule has 1 heterocycles. The first-order chi connectivity index (χ1) is 8.71. The van der Waals surface area contributed by atoms with Gasteiger partial charge < -0.3 is 19.1 Å². The monoisotopic (exact) mass is 249 g/mol. The lowest BCUT2D eigenvalue weighted by Crippen LogP contribution is -2.21. The van der Waals surface area contributed by atoms with Crippen molar-refractivity contribution in [2.45, 2.75) is 6.54 Å². The van der Waals surface area contributed by atoms with E-state index in [1.807, 2.05) is 6.07 Å². The summed E-state index contributed by atoms with van der Waals surface area (Å²) in [6, 6.07) is 6.82. The Labute approximate surface area is 104 Å². The van der Waals surface area contributed by atoms with Gasteiger partial charge in [-0.1, -0.05) is 0 Å². The SMILES string of the molecule is COc1ccc2c(OC)cc(=O)n(CCO)c2c1. The fraction of sp³-hybridized carbons (Fsp3) is 0.308. The van der Waals surface area contributed by atoms with Gasteiger partial charge in [-0.2, -0.15) is 0 Å². The Kier molecular flexibility index (Phi) is 3.53. The number of aromatic nitrogens is 1. The molecule has 0 saturated carbocycles. The van der Waals surface area contributed by atoms with Gasteiger partial charge in [-0.25, -0.2) is 0 Å². The molecule has 5 nitrogen and oxygen atoms in total. The van der Waals surface area contributed by atoms with Crippen molar-refractivity contribution in [3.8, 4) is 11.5 Å². The third kappa shape index (κ3) is 2.04. The van der Waals surface area contributed by atoms with E-state index in [9.17, 15) is 4.79 Å². The van der Waals surface area contributed by atoms with Crippen molar-refractivity contribution < 1.29 is 14.6 Å². The molecule has 1 aromatic carbocycles. The maximum Gasteiger partial charge on any atom is 0.254 e. The summed E-state index contributed by atoms with van der Waals surface area (Å²) in [7, 11) is 3.09. The number of pyridine rings is 1. The van der Waals surface area contributed by atoms with Crippen molar-refractivity contribution in [1.82, 2.24) is 4.57 Å². The number of nitrogens with zero attached hydrogens (tertiary/aromatic N) is 1. The zero-order chi connectivity index (χ0) is 13.1. The van der Waals surface area contributed by atoms with E-state index < -0.39 is 0 Å². The summed E-state index contributed by atoms with van der Waals surface area (Å²) in [5.41, 5.74) is 0.481. The molecule has 0 atom stereocenters. The summed E-state index contributed by atoms with van der Waals surface area (Å²) in [6.45, 7) is 0.144. The van der Waals surface area contributed by atoms with Crippen molar-refractivity contribution in [3.05, 3.63) is 34.6 Å². The molecule has 0 aliphatic carbocycles. The van der Waals surface area contributed by atoms with Gasteiger partial charge in [0.15, 0.2) is 0 Å². The normalized spacial score (nSPS) is 10.6. The summed E-state index contributed by atoms with van der Waals surface area (Å²) in [5.74, 6) is 1.17. The van der Waals surface area contributed by atoms with Gasteiger partial charge in [0.05, 0.1) is 26.3 Å². The molecule has 0 aliphatic heterocycles. The smallest absolute Gasteiger partial charge is 0.254 e. The summed E-state index contributed by atoms with van der Waals surface area (Å²) >= 11 is 0. The first kappa shape index (κ1) is 12.4. The van der Waals surface area contributed by atoms with Crippen molar-refractivity contribution in [2.75, 3.05) is 20.8 Å². The van der Waals surface area contributed by atoms with Crippen LogP contribution in [0.1, 0.15) is 0 Å². The summed E-state index contributed by atoms with van der Waals surface area (Å²) < 4.78 is 11.8. The Morgan fingerprint density at radius 2 is 2.00 bits per heavy atom. The van der Waals surface area contributed by atoms with E-state index in [-0.39, 0.29) is 18.7 Å². The molecular formula is C13H15NO4. The van der Waals surface area contributed by atoms with E-state index in [2.05, 4.69) is 0 Å². The van der Waals surface area contributed by atoms with Crippen LogP contribution in [0.4, 0.5) is 0 Å². The summed E-state index contributed by atoms with van der Waals surface area (Å²) in [6.07, 6.45) is 0. The Morgan fingerprint density at radius 1 is 1.22 bits per heavy atom. The second-order valence-corrected chi connectivity index (χ2v) is 3.81. The van der Waals surface area contributed by atoms with Gasteiger partial charge in [0.1, 0.15) is 11.5 Å². The van der Waals surface area contributed by atoms with Crippen LogP contribution >= 0.6 is 0 Å². The minimum Gasteiger partial charge on any atom is -0.497 e. The number of hydrogen-bond acceptors (Lipinski definition) is 4. The lowest BCUT2D eigenvalue weighted by Gasteiger charge is -2.12. The standard InChI is InChI=1S/C13H15NO4/c1-17-9-3-4-10-11(7-9)14(5-6-15)13(16)8-12(10)18-2/h3-4,7-8,15H,5-6H2,1-2H3. The average Bonchev–Trinajstić information content (AvgIpc) is 2.41. The van der Waals surface area contributed by atoms with Crippen molar-refractivity contribution in [1.29, 1.82) is 0 Å². The number of fused-ring (bicyclic) bond motifs is 1. The summed E-state index contributed by atoms with van der Waals surface area (Å²) in [4.78, 5) is 11.9. The first-order valence-electron chi connectivity index (χ1n) is 5.57. The van der Waals surface area contributed by atoms with Crippen molar-refractivity contribution in [2.24, 2.45) is 0 Å². The van der Waals surface area contributed by atoms with Gasteiger partial charge in [0.2, 0.25) is 0 Å². The van der Waals surface area contributed by atoms with Gasteiger partial charge in [-0.3, -0.25) is 4.79 Å². The molecule has 0 bridgehead atoms. The number of rotatable bonds is 4. The quantitative estimate of drug-likeness (QED) is 0.878.